The molecule has 6 nitrogen and oxygen atoms in total. The van der Waals surface area contributed by atoms with Crippen LogP contribution in [0.2, 0.25) is 0 Å². The molecule has 0 saturated carbocycles. The first-order chi connectivity index (χ1) is 9.63. The minimum Gasteiger partial charge on any atom is -0.375 e. The molecule has 1 saturated heterocycles. The Labute approximate surface area is 119 Å². The first kappa shape index (κ1) is 12.9. The van der Waals surface area contributed by atoms with Crippen LogP contribution in [0.15, 0.2) is 18.2 Å². The van der Waals surface area contributed by atoms with Crippen molar-refractivity contribution in [1.82, 2.24) is 15.2 Å². The quantitative estimate of drug-likeness (QED) is 0.814. The number of rotatable bonds is 1. The second kappa shape index (κ2) is 5.09. The minimum absolute atomic E-state index is 0.00835. The smallest absolute Gasteiger partial charge is 0.253 e. The number of nitrogens with one attached hydrogen (secondary N) is 1. The highest BCUT2D eigenvalue weighted by atomic mass is 32.1. The minimum atomic E-state index is -0.0598. The Balaban J connectivity index is 1.85. The predicted molar refractivity (Wildman–Crippen MR) is 77.6 cm³/mol. The van der Waals surface area contributed by atoms with Crippen LogP contribution >= 0.6 is 11.3 Å². The van der Waals surface area contributed by atoms with Crippen LogP contribution in [0.4, 0.5) is 5.13 Å². The molecule has 0 spiro atoms. The average molecular weight is 290 g/mol. The van der Waals surface area contributed by atoms with Crippen molar-refractivity contribution in [1.29, 1.82) is 0 Å². The Kier molecular flexibility index (Phi) is 3.27. The van der Waals surface area contributed by atoms with Crippen LogP contribution in [0.25, 0.3) is 10.2 Å². The highest BCUT2D eigenvalue weighted by molar-refractivity contribution is 7.22. The molecule has 1 aliphatic heterocycles. The van der Waals surface area contributed by atoms with Crippen molar-refractivity contribution in [2.24, 2.45) is 0 Å². The van der Waals surface area contributed by atoms with Gasteiger partial charge in [-0.3, -0.25) is 9.59 Å². The number of anilines is 1. The molecule has 0 unspecified atom stereocenters. The lowest BCUT2D eigenvalue weighted by atomic mass is 10.2. The Bertz CT molecular complexity index is 682. The van der Waals surface area contributed by atoms with Crippen LogP contribution in [0, 0.1) is 0 Å². The maximum absolute atomic E-state index is 12.4. The van der Waals surface area contributed by atoms with Crippen molar-refractivity contribution in [2.45, 2.75) is 6.42 Å². The van der Waals surface area contributed by atoms with Crippen molar-refractivity contribution in [3.63, 3.8) is 0 Å². The fourth-order valence-corrected chi connectivity index (χ4v) is 3.00. The van der Waals surface area contributed by atoms with E-state index in [0.29, 0.717) is 36.8 Å². The molecular formula is C13H14N4O2S. The zero-order chi connectivity index (χ0) is 14.1. The number of hydrogen-bond acceptors (Lipinski definition) is 5. The number of thiazole rings is 1. The number of fused-ring (bicyclic) bond motifs is 1. The van der Waals surface area contributed by atoms with Gasteiger partial charge in [-0.05, 0) is 18.2 Å². The third-order valence-electron chi connectivity index (χ3n) is 3.25. The predicted octanol–water partition coefficient (Wildman–Crippen LogP) is 0.841. The van der Waals surface area contributed by atoms with Crippen molar-refractivity contribution in [3.05, 3.63) is 23.8 Å². The summed E-state index contributed by atoms with van der Waals surface area (Å²) in [6.45, 7) is 1.49. The highest BCUT2D eigenvalue weighted by Crippen LogP contribution is 2.25. The monoisotopic (exact) mass is 290 g/mol. The third-order valence-corrected chi connectivity index (χ3v) is 4.10. The number of nitrogens with two attached hydrogens (primary N) is 1. The molecule has 0 radical (unpaired) electrons. The largest absolute Gasteiger partial charge is 0.375 e. The third kappa shape index (κ3) is 2.44. The standard InChI is InChI=1S/C13H14N4O2S/c14-13-16-9-2-1-8(7-10(9)20-13)12(19)17-5-3-11(18)15-4-6-17/h1-2,7H,3-6H2,(H2,14,16)(H,15,18). The van der Waals surface area contributed by atoms with Crippen LogP contribution in [0.3, 0.4) is 0 Å². The van der Waals surface area contributed by atoms with Crippen molar-refractivity contribution in [2.75, 3.05) is 25.4 Å². The van der Waals surface area contributed by atoms with Gasteiger partial charge in [0, 0.05) is 31.6 Å². The van der Waals surface area contributed by atoms with E-state index in [0.717, 1.165) is 10.2 Å². The van der Waals surface area contributed by atoms with Gasteiger partial charge in [0.15, 0.2) is 5.13 Å². The second-order valence-electron chi connectivity index (χ2n) is 4.63. The number of hydrogen-bond donors (Lipinski definition) is 2. The van der Waals surface area contributed by atoms with Gasteiger partial charge in [-0.2, -0.15) is 0 Å². The molecule has 7 heteroatoms. The Morgan fingerprint density at radius 1 is 1.40 bits per heavy atom. The highest BCUT2D eigenvalue weighted by Gasteiger charge is 2.20. The van der Waals surface area contributed by atoms with Crippen molar-refractivity contribution in [3.8, 4) is 0 Å². The number of carbonyl (C=O) groups excluding carboxylic acids is 2. The first-order valence-corrected chi connectivity index (χ1v) is 7.17. The van der Waals surface area contributed by atoms with Gasteiger partial charge >= 0.3 is 0 Å². The van der Waals surface area contributed by atoms with Crippen LogP contribution in [0.1, 0.15) is 16.8 Å². The maximum Gasteiger partial charge on any atom is 0.253 e. The number of nitrogen functional groups attached to an aromatic ring is 1. The summed E-state index contributed by atoms with van der Waals surface area (Å²) in [6, 6.07) is 5.37. The molecule has 2 heterocycles. The lowest BCUT2D eigenvalue weighted by Gasteiger charge is -2.19. The lowest BCUT2D eigenvalue weighted by Crippen LogP contribution is -2.34. The summed E-state index contributed by atoms with van der Waals surface area (Å²) >= 11 is 1.36. The van der Waals surface area contributed by atoms with E-state index >= 15 is 0 Å². The van der Waals surface area contributed by atoms with E-state index in [1.165, 1.54) is 11.3 Å². The maximum atomic E-state index is 12.4. The molecule has 2 aromatic rings. The lowest BCUT2D eigenvalue weighted by molar-refractivity contribution is -0.120. The number of carbonyl (C=O) groups is 2. The molecule has 1 aromatic carbocycles. The van der Waals surface area contributed by atoms with E-state index in [9.17, 15) is 9.59 Å². The van der Waals surface area contributed by atoms with E-state index in [4.69, 9.17) is 5.73 Å². The van der Waals surface area contributed by atoms with E-state index in [1.807, 2.05) is 6.07 Å². The number of amides is 2. The Hall–Kier alpha value is -2.15. The summed E-state index contributed by atoms with van der Waals surface area (Å²) in [4.78, 5) is 29.6. The van der Waals surface area contributed by atoms with Gasteiger partial charge in [0.2, 0.25) is 5.91 Å². The molecule has 104 valence electrons. The second-order valence-corrected chi connectivity index (χ2v) is 5.69. The summed E-state index contributed by atoms with van der Waals surface area (Å²) in [5, 5.41) is 3.25. The first-order valence-electron chi connectivity index (χ1n) is 6.35. The number of nitrogens with zero attached hydrogens (tertiary/aromatic N) is 2. The summed E-state index contributed by atoms with van der Waals surface area (Å²) in [5.74, 6) is -0.0682. The molecule has 1 aromatic heterocycles. The van der Waals surface area contributed by atoms with Crippen LogP contribution in [-0.4, -0.2) is 41.3 Å². The zero-order valence-corrected chi connectivity index (χ0v) is 11.6. The van der Waals surface area contributed by atoms with Crippen molar-refractivity contribution >= 4 is 38.5 Å². The fourth-order valence-electron chi connectivity index (χ4n) is 2.23. The van der Waals surface area contributed by atoms with E-state index in [2.05, 4.69) is 10.3 Å². The molecule has 0 atom stereocenters. The molecule has 0 aliphatic carbocycles. The molecule has 3 rings (SSSR count). The summed E-state index contributed by atoms with van der Waals surface area (Å²) in [7, 11) is 0. The van der Waals surface area contributed by atoms with Crippen LogP contribution in [0.5, 0.6) is 0 Å². The molecule has 0 bridgehead atoms. The van der Waals surface area contributed by atoms with Gasteiger partial charge in [-0.1, -0.05) is 11.3 Å². The average Bonchev–Trinajstić information content (AvgIpc) is 2.66. The summed E-state index contributed by atoms with van der Waals surface area (Å²) < 4.78 is 0.900. The van der Waals surface area contributed by atoms with Gasteiger partial charge in [0.1, 0.15) is 0 Å². The Morgan fingerprint density at radius 2 is 2.25 bits per heavy atom. The van der Waals surface area contributed by atoms with Crippen molar-refractivity contribution < 1.29 is 9.59 Å². The summed E-state index contributed by atoms with van der Waals surface area (Å²) in [6.07, 6.45) is 0.349. The van der Waals surface area contributed by atoms with Gasteiger partial charge in [0.25, 0.3) is 5.91 Å². The number of aromatic nitrogens is 1. The van der Waals surface area contributed by atoms with Gasteiger partial charge in [0.05, 0.1) is 10.2 Å². The summed E-state index contributed by atoms with van der Waals surface area (Å²) in [5.41, 5.74) is 7.07. The van der Waals surface area contributed by atoms with E-state index in [-0.39, 0.29) is 11.8 Å². The van der Waals surface area contributed by atoms with Gasteiger partial charge in [-0.15, -0.1) is 0 Å². The molecule has 1 fully saturated rings. The van der Waals surface area contributed by atoms with Crippen LogP contribution < -0.4 is 11.1 Å². The molecular weight excluding hydrogens is 276 g/mol. The normalized spacial score (nSPS) is 16.0. The molecule has 1 aliphatic rings. The van der Waals surface area contributed by atoms with E-state index < -0.39 is 0 Å². The molecule has 20 heavy (non-hydrogen) atoms. The zero-order valence-electron chi connectivity index (χ0n) is 10.8. The number of benzene rings is 1. The SMILES string of the molecule is Nc1nc2ccc(C(=O)N3CCNC(=O)CC3)cc2s1. The fraction of sp³-hybridized carbons (Fsp3) is 0.308. The topological polar surface area (TPSA) is 88.3 Å². The van der Waals surface area contributed by atoms with E-state index in [1.54, 1.807) is 17.0 Å². The molecule has 2 amide bonds. The van der Waals surface area contributed by atoms with Gasteiger partial charge < -0.3 is 16.0 Å². The molecule has 3 N–H and O–H groups in total. The van der Waals surface area contributed by atoms with Crippen LogP contribution in [-0.2, 0) is 4.79 Å². The van der Waals surface area contributed by atoms with Gasteiger partial charge in [-0.25, -0.2) is 4.98 Å². The Morgan fingerprint density at radius 3 is 3.10 bits per heavy atom.